The predicted molar refractivity (Wildman–Crippen MR) is 144 cm³/mol. The number of thiophene rings is 1. The van der Waals surface area contributed by atoms with E-state index in [4.69, 9.17) is 4.99 Å². The third kappa shape index (κ3) is 3.61. The zero-order chi connectivity index (χ0) is 24.6. The van der Waals surface area contributed by atoms with Crippen molar-refractivity contribution in [2.75, 3.05) is 19.6 Å². The van der Waals surface area contributed by atoms with Gasteiger partial charge in [-0.15, -0.1) is 11.3 Å². The summed E-state index contributed by atoms with van der Waals surface area (Å²) in [4.78, 5) is 36.2. The van der Waals surface area contributed by atoms with Crippen LogP contribution in [0.4, 0.5) is 0 Å². The number of amides is 2. The molecule has 0 bridgehead atoms. The lowest BCUT2D eigenvalue weighted by molar-refractivity contribution is -0.131. The SMILES string of the molecule is Cc1sc2ccc(-c3ccc(C4=NC5(CC5)C(=O)N4CC4CCN(C(=O)C5CC5)C4)cc3)cc2c1C. The van der Waals surface area contributed by atoms with E-state index in [2.05, 4.69) is 56.3 Å². The Labute approximate surface area is 215 Å². The second-order valence-corrected chi connectivity index (χ2v) is 12.4. The van der Waals surface area contributed by atoms with Gasteiger partial charge in [-0.3, -0.25) is 19.5 Å². The number of carbonyl (C=O) groups is 2. The van der Waals surface area contributed by atoms with Crippen LogP contribution in [0.1, 0.15) is 48.1 Å². The number of fused-ring (bicyclic) bond motifs is 1. The van der Waals surface area contributed by atoms with Gasteiger partial charge in [0.25, 0.3) is 5.91 Å². The summed E-state index contributed by atoms with van der Waals surface area (Å²) >= 11 is 1.85. The Balaban J connectivity index is 1.13. The van der Waals surface area contributed by atoms with Crippen LogP contribution in [0.15, 0.2) is 47.5 Å². The fourth-order valence-electron chi connectivity index (χ4n) is 5.86. The van der Waals surface area contributed by atoms with Crippen LogP contribution in [0.25, 0.3) is 21.2 Å². The van der Waals surface area contributed by atoms with Crippen LogP contribution in [-0.4, -0.2) is 52.6 Å². The standard InChI is InChI=1S/C30H31N3O2S/c1-18-19(2)36-26-10-9-24(15-25(18)26)21-3-5-22(6-4-21)27-31-30(12-13-30)29(35)33(27)17-20-11-14-32(16-20)28(34)23-7-8-23/h3-6,9-10,15,20,23H,7-8,11-14,16-17H2,1-2H3. The number of likely N-dealkylation sites (tertiary alicyclic amines) is 1. The molecule has 3 fully saturated rings. The molecule has 5 nitrogen and oxygen atoms in total. The van der Waals surface area contributed by atoms with Crippen LogP contribution in [0.5, 0.6) is 0 Å². The summed E-state index contributed by atoms with van der Waals surface area (Å²) in [5.74, 6) is 1.87. The van der Waals surface area contributed by atoms with Gasteiger partial charge < -0.3 is 4.90 Å². The van der Waals surface area contributed by atoms with Gasteiger partial charge in [0.1, 0.15) is 11.4 Å². The number of hydrogen-bond acceptors (Lipinski definition) is 4. The van der Waals surface area contributed by atoms with Crippen molar-refractivity contribution in [1.82, 2.24) is 9.80 Å². The molecule has 3 heterocycles. The quantitative estimate of drug-likeness (QED) is 0.463. The summed E-state index contributed by atoms with van der Waals surface area (Å²) in [6.07, 6.45) is 4.74. The van der Waals surface area contributed by atoms with Gasteiger partial charge >= 0.3 is 0 Å². The highest BCUT2D eigenvalue weighted by atomic mass is 32.1. The van der Waals surface area contributed by atoms with Gasteiger partial charge in [0.05, 0.1) is 0 Å². The van der Waals surface area contributed by atoms with Gasteiger partial charge in [0, 0.05) is 40.7 Å². The van der Waals surface area contributed by atoms with Crippen molar-refractivity contribution >= 4 is 39.1 Å². The third-order valence-electron chi connectivity index (χ3n) is 8.56. The molecule has 1 unspecified atom stereocenters. The molecule has 6 heteroatoms. The minimum absolute atomic E-state index is 0.155. The first-order valence-corrected chi connectivity index (χ1v) is 14.0. The average molecular weight is 498 g/mol. The molecule has 1 atom stereocenters. The summed E-state index contributed by atoms with van der Waals surface area (Å²) in [5.41, 5.74) is 4.23. The Morgan fingerprint density at radius 1 is 1.03 bits per heavy atom. The van der Waals surface area contributed by atoms with E-state index in [-0.39, 0.29) is 11.8 Å². The number of rotatable bonds is 5. The van der Waals surface area contributed by atoms with Crippen LogP contribution >= 0.6 is 11.3 Å². The maximum atomic E-state index is 13.4. The van der Waals surface area contributed by atoms with E-state index in [9.17, 15) is 9.59 Å². The Morgan fingerprint density at radius 2 is 1.75 bits per heavy atom. The van der Waals surface area contributed by atoms with E-state index in [1.807, 2.05) is 21.1 Å². The predicted octanol–water partition coefficient (Wildman–Crippen LogP) is 5.57. The molecule has 0 N–H and O–H groups in total. The molecule has 1 aromatic heterocycles. The molecule has 2 saturated carbocycles. The van der Waals surface area contributed by atoms with E-state index < -0.39 is 5.54 Å². The molecule has 1 spiro atoms. The molecular weight excluding hydrogens is 466 g/mol. The van der Waals surface area contributed by atoms with Crippen LogP contribution in [-0.2, 0) is 9.59 Å². The Kier molecular flexibility index (Phi) is 4.94. The highest BCUT2D eigenvalue weighted by Crippen LogP contribution is 2.46. The second kappa shape index (κ2) is 8.01. The highest BCUT2D eigenvalue weighted by molar-refractivity contribution is 7.19. The van der Waals surface area contributed by atoms with Crippen molar-refractivity contribution in [3.63, 3.8) is 0 Å². The van der Waals surface area contributed by atoms with E-state index in [1.54, 1.807) is 0 Å². The molecular formula is C30H31N3O2S. The average Bonchev–Trinajstić information content (AvgIpc) is 3.80. The lowest BCUT2D eigenvalue weighted by Gasteiger charge is -2.23. The van der Waals surface area contributed by atoms with Crippen molar-refractivity contribution < 1.29 is 9.59 Å². The van der Waals surface area contributed by atoms with Crippen molar-refractivity contribution in [2.24, 2.45) is 16.8 Å². The van der Waals surface area contributed by atoms with E-state index in [0.717, 1.165) is 56.6 Å². The monoisotopic (exact) mass is 497 g/mol. The van der Waals surface area contributed by atoms with Gasteiger partial charge in [-0.25, -0.2) is 0 Å². The van der Waals surface area contributed by atoms with Gasteiger partial charge in [0.2, 0.25) is 5.91 Å². The highest BCUT2D eigenvalue weighted by Gasteiger charge is 2.57. The molecule has 36 heavy (non-hydrogen) atoms. The van der Waals surface area contributed by atoms with Crippen LogP contribution < -0.4 is 0 Å². The molecule has 2 amide bonds. The first-order valence-electron chi connectivity index (χ1n) is 13.2. The van der Waals surface area contributed by atoms with E-state index in [0.29, 0.717) is 18.4 Å². The number of aliphatic imine (C=N–C) groups is 1. The van der Waals surface area contributed by atoms with Gasteiger partial charge in [-0.1, -0.05) is 30.3 Å². The molecule has 2 aliphatic carbocycles. The van der Waals surface area contributed by atoms with Crippen molar-refractivity contribution in [2.45, 2.75) is 51.5 Å². The number of hydrogen-bond donors (Lipinski definition) is 0. The second-order valence-electron chi connectivity index (χ2n) is 11.2. The number of aryl methyl sites for hydroxylation is 2. The molecule has 2 aliphatic heterocycles. The maximum absolute atomic E-state index is 13.4. The van der Waals surface area contributed by atoms with E-state index in [1.165, 1.54) is 31.7 Å². The Hall–Kier alpha value is -2.99. The zero-order valence-corrected chi connectivity index (χ0v) is 21.7. The maximum Gasteiger partial charge on any atom is 0.256 e. The lowest BCUT2D eigenvalue weighted by Crippen LogP contribution is -2.40. The van der Waals surface area contributed by atoms with Crippen LogP contribution in [0, 0.1) is 25.7 Å². The fourth-order valence-corrected chi connectivity index (χ4v) is 6.91. The van der Waals surface area contributed by atoms with Crippen molar-refractivity contribution in [3.8, 4) is 11.1 Å². The van der Waals surface area contributed by atoms with Gasteiger partial charge in [-0.2, -0.15) is 0 Å². The van der Waals surface area contributed by atoms with Gasteiger partial charge in [0.15, 0.2) is 0 Å². The summed E-state index contributed by atoms with van der Waals surface area (Å²) in [6.45, 7) is 6.63. The molecule has 0 radical (unpaired) electrons. The van der Waals surface area contributed by atoms with E-state index >= 15 is 0 Å². The number of benzene rings is 2. The first kappa shape index (κ1) is 22.2. The minimum Gasteiger partial charge on any atom is -0.342 e. The fraction of sp³-hybridized carbons (Fsp3) is 0.433. The summed E-state index contributed by atoms with van der Waals surface area (Å²) in [7, 11) is 0. The topological polar surface area (TPSA) is 53.0 Å². The number of carbonyl (C=O) groups excluding carboxylic acids is 2. The van der Waals surface area contributed by atoms with Gasteiger partial charge in [-0.05, 0) is 86.1 Å². The minimum atomic E-state index is -0.518. The smallest absolute Gasteiger partial charge is 0.256 e. The largest absolute Gasteiger partial charge is 0.342 e. The molecule has 1 saturated heterocycles. The normalized spacial score (nSPS) is 22.7. The Bertz CT molecular complexity index is 1430. The molecule has 2 aromatic carbocycles. The summed E-state index contributed by atoms with van der Waals surface area (Å²) < 4.78 is 1.33. The first-order chi connectivity index (χ1) is 17.4. The van der Waals surface area contributed by atoms with Crippen LogP contribution in [0.2, 0.25) is 0 Å². The molecule has 7 rings (SSSR count). The number of amidine groups is 1. The molecule has 184 valence electrons. The summed E-state index contributed by atoms with van der Waals surface area (Å²) in [6, 6.07) is 15.2. The van der Waals surface area contributed by atoms with Crippen molar-refractivity contribution in [1.29, 1.82) is 0 Å². The van der Waals surface area contributed by atoms with Crippen LogP contribution in [0.3, 0.4) is 0 Å². The molecule has 3 aromatic rings. The number of nitrogens with zero attached hydrogens (tertiary/aromatic N) is 3. The third-order valence-corrected chi connectivity index (χ3v) is 9.75. The summed E-state index contributed by atoms with van der Waals surface area (Å²) in [5, 5.41) is 1.33. The lowest BCUT2D eigenvalue weighted by atomic mass is 10.0. The Morgan fingerprint density at radius 3 is 2.47 bits per heavy atom. The zero-order valence-electron chi connectivity index (χ0n) is 20.9. The molecule has 4 aliphatic rings. The van der Waals surface area contributed by atoms with Crippen molar-refractivity contribution in [3.05, 3.63) is 58.5 Å².